The Kier molecular flexibility index (Phi) is 4.80. The van der Waals surface area contributed by atoms with E-state index in [1.165, 1.54) is 28.7 Å². The van der Waals surface area contributed by atoms with Gasteiger partial charge < -0.3 is 10.4 Å². The number of nitrogens with zero attached hydrogens (tertiary/aromatic N) is 3. The van der Waals surface area contributed by atoms with Crippen LogP contribution in [0.15, 0.2) is 46.7 Å². The summed E-state index contributed by atoms with van der Waals surface area (Å²) in [6.07, 6.45) is 4.76. The number of pyridine rings is 2. The van der Waals surface area contributed by atoms with Crippen LogP contribution in [-0.2, 0) is 10.5 Å². The Morgan fingerprint density at radius 2 is 2.24 bits per heavy atom. The predicted octanol–water partition coefficient (Wildman–Crippen LogP) is 0.524. The minimum absolute atomic E-state index is 0.143. The zero-order valence-electron chi connectivity index (χ0n) is 12.8. The molecule has 0 unspecified atom stereocenters. The Hall–Kier alpha value is -3.14. The van der Waals surface area contributed by atoms with Crippen LogP contribution in [0.2, 0.25) is 0 Å². The summed E-state index contributed by atoms with van der Waals surface area (Å²) in [6, 6.07) is 5.06. The second-order valence-electron chi connectivity index (χ2n) is 4.99. The first-order chi connectivity index (χ1) is 12.1. The fraction of sp³-hybridized carbons (Fsp3) is 0.133. The Bertz CT molecular complexity index is 983. The molecule has 25 heavy (non-hydrogen) atoms. The molecule has 9 nitrogen and oxygen atoms in total. The summed E-state index contributed by atoms with van der Waals surface area (Å²) in [6.45, 7) is -0.577. The Morgan fingerprint density at radius 1 is 1.40 bits per heavy atom. The van der Waals surface area contributed by atoms with Crippen molar-refractivity contribution in [3.63, 3.8) is 0 Å². The average molecular weight is 359 g/mol. The second-order valence-corrected chi connectivity index (χ2v) is 5.99. The molecule has 3 rings (SSSR count). The SMILES string of the molecule is O=C(O)CNC(=O)c1c(=O)cc(SCc2cccnc2)n2[nH]cnc12. The topological polar surface area (TPSA) is 129 Å². The molecular weight excluding hydrogens is 346 g/mol. The van der Waals surface area contributed by atoms with Crippen molar-refractivity contribution in [1.82, 2.24) is 24.9 Å². The van der Waals surface area contributed by atoms with Gasteiger partial charge >= 0.3 is 5.97 Å². The van der Waals surface area contributed by atoms with Crippen LogP contribution in [0, 0.1) is 0 Å². The molecule has 3 heterocycles. The molecule has 3 aromatic heterocycles. The zero-order valence-corrected chi connectivity index (χ0v) is 13.6. The van der Waals surface area contributed by atoms with Gasteiger partial charge in [0.1, 0.15) is 23.5 Å². The van der Waals surface area contributed by atoms with E-state index in [0.29, 0.717) is 10.8 Å². The molecule has 0 radical (unpaired) electrons. The molecule has 1 amide bonds. The number of fused-ring (bicyclic) bond motifs is 1. The van der Waals surface area contributed by atoms with E-state index in [9.17, 15) is 14.4 Å². The highest BCUT2D eigenvalue weighted by Gasteiger charge is 2.19. The molecule has 0 bridgehead atoms. The third kappa shape index (κ3) is 3.69. The lowest BCUT2D eigenvalue weighted by Crippen LogP contribution is -2.33. The van der Waals surface area contributed by atoms with Gasteiger partial charge in [0, 0.05) is 24.2 Å². The quantitative estimate of drug-likeness (QED) is 0.547. The minimum atomic E-state index is -1.20. The van der Waals surface area contributed by atoms with Crippen LogP contribution in [0.25, 0.3) is 5.65 Å². The fourth-order valence-corrected chi connectivity index (χ4v) is 3.12. The van der Waals surface area contributed by atoms with Gasteiger partial charge in [-0.05, 0) is 11.6 Å². The van der Waals surface area contributed by atoms with Crippen LogP contribution in [0.3, 0.4) is 0 Å². The number of nitrogens with one attached hydrogen (secondary N) is 2. The maximum Gasteiger partial charge on any atom is 0.322 e. The highest BCUT2D eigenvalue weighted by Crippen LogP contribution is 2.22. The van der Waals surface area contributed by atoms with E-state index in [2.05, 4.69) is 20.4 Å². The first-order valence-corrected chi connectivity index (χ1v) is 8.15. The van der Waals surface area contributed by atoms with Crippen molar-refractivity contribution < 1.29 is 14.7 Å². The summed E-state index contributed by atoms with van der Waals surface area (Å²) < 4.78 is 1.51. The molecule has 0 aliphatic carbocycles. The number of aromatic nitrogens is 4. The summed E-state index contributed by atoms with van der Waals surface area (Å²) in [4.78, 5) is 43.1. The average Bonchev–Trinajstić information content (AvgIpc) is 3.08. The lowest BCUT2D eigenvalue weighted by Gasteiger charge is -2.08. The summed E-state index contributed by atoms with van der Waals surface area (Å²) >= 11 is 1.39. The van der Waals surface area contributed by atoms with Crippen LogP contribution in [0.4, 0.5) is 0 Å². The van der Waals surface area contributed by atoms with E-state index < -0.39 is 23.9 Å². The van der Waals surface area contributed by atoms with Crippen molar-refractivity contribution >= 4 is 29.3 Å². The highest BCUT2D eigenvalue weighted by molar-refractivity contribution is 7.98. The first kappa shape index (κ1) is 16.7. The van der Waals surface area contributed by atoms with E-state index in [4.69, 9.17) is 5.11 Å². The Labute approximate surface area is 145 Å². The zero-order chi connectivity index (χ0) is 17.8. The van der Waals surface area contributed by atoms with Crippen molar-refractivity contribution in [2.75, 3.05) is 6.54 Å². The maximum atomic E-state index is 12.3. The number of hydrogen-bond donors (Lipinski definition) is 3. The van der Waals surface area contributed by atoms with Crippen LogP contribution in [0.1, 0.15) is 15.9 Å². The lowest BCUT2D eigenvalue weighted by atomic mass is 10.2. The molecule has 0 saturated heterocycles. The van der Waals surface area contributed by atoms with Gasteiger partial charge in [0.15, 0.2) is 11.1 Å². The third-order valence-corrected chi connectivity index (χ3v) is 4.34. The molecular formula is C15H13N5O4S. The van der Waals surface area contributed by atoms with Gasteiger partial charge in [-0.2, -0.15) is 0 Å². The standard InChI is InChI=1S/C15H13N5O4S/c21-10-4-11(25-7-9-2-1-3-16-5-9)20-14(18-8-19-20)13(10)15(24)17-6-12(22)23/h1-5,8H,6-7H2,(H,17,24)(H,18,19)(H,22,23). The smallest absolute Gasteiger partial charge is 0.322 e. The number of aliphatic carboxylic acids is 1. The van der Waals surface area contributed by atoms with Crippen LogP contribution < -0.4 is 10.7 Å². The largest absolute Gasteiger partial charge is 0.480 e. The van der Waals surface area contributed by atoms with Gasteiger partial charge in [0.2, 0.25) is 0 Å². The maximum absolute atomic E-state index is 12.3. The van der Waals surface area contributed by atoms with Crippen molar-refractivity contribution in [1.29, 1.82) is 0 Å². The Balaban J connectivity index is 1.91. The van der Waals surface area contributed by atoms with E-state index in [-0.39, 0.29) is 11.2 Å². The lowest BCUT2D eigenvalue weighted by molar-refractivity contribution is -0.135. The van der Waals surface area contributed by atoms with Crippen molar-refractivity contribution in [3.8, 4) is 0 Å². The third-order valence-electron chi connectivity index (χ3n) is 3.27. The van der Waals surface area contributed by atoms with Gasteiger partial charge in [-0.3, -0.25) is 24.5 Å². The molecule has 0 aliphatic heterocycles. The van der Waals surface area contributed by atoms with E-state index in [1.54, 1.807) is 12.4 Å². The normalized spacial score (nSPS) is 10.7. The number of thioether (sulfide) groups is 1. The molecule has 10 heteroatoms. The summed E-state index contributed by atoms with van der Waals surface area (Å²) in [5.41, 5.74) is 0.400. The van der Waals surface area contributed by atoms with Gasteiger partial charge in [0.05, 0.1) is 0 Å². The molecule has 3 aromatic rings. The Morgan fingerprint density at radius 3 is 2.96 bits per heavy atom. The first-order valence-electron chi connectivity index (χ1n) is 7.17. The number of carboxylic acids is 1. The van der Waals surface area contributed by atoms with E-state index >= 15 is 0 Å². The number of carbonyl (C=O) groups excluding carboxylic acids is 1. The summed E-state index contributed by atoms with van der Waals surface area (Å²) in [7, 11) is 0. The van der Waals surface area contributed by atoms with Crippen LogP contribution in [-0.4, -0.2) is 43.1 Å². The number of rotatable bonds is 6. The molecule has 0 saturated carbocycles. The van der Waals surface area contributed by atoms with Crippen molar-refractivity contribution in [2.45, 2.75) is 10.8 Å². The van der Waals surface area contributed by atoms with Gasteiger partial charge in [-0.25, -0.2) is 9.50 Å². The van der Waals surface area contributed by atoms with Gasteiger partial charge in [-0.15, -0.1) is 11.8 Å². The van der Waals surface area contributed by atoms with Gasteiger partial charge in [-0.1, -0.05) is 6.07 Å². The summed E-state index contributed by atoms with van der Waals surface area (Å²) in [5, 5.41) is 14.2. The number of amides is 1. The fourth-order valence-electron chi connectivity index (χ4n) is 2.17. The number of hydrogen-bond acceptors (Lipinski definition) is 6. The van der Waals surface area contributed by atoms with Crippen molar-refractivity contribution in [3.05, 3.63) is 58.3 Å². The molecule has 0 aliphatic rings. The predicted molar refractivity (Wildman–Crippen MR) is 89.6 cm³/mol. The molecule has 3 N–H and O–H groups in total. The number of carbonyl (C=O) groups is 2. The molecule has 0 spiro atoms. The monoisotopic (exact) mass is 359 g/mol. The number of aromatic amines is 1. The van der Waals surface area contributed by atoms with Gasteiger partial charge in [0.25, 0.3) is 5.91 Å². The minimum Gasteiger partial charge on any atom is -0.480 e. The number of H-pyrrole nitrogens is 1. The molecule has 0 aromatic carbocycles. The number of carboxylic acid groups (broad SMARTS) is 1. The summed E-state index contributed by atoms with van der Waals surface area (Å²) in [5.74, 6) is -1.39. The van der Waals surface area contributed by atoms with Crippen LogP contribution in [0.5, 0.6) is 0 Å². The van der Waals surface area contributed by atoms with E-state index in [0.717, 1.165) is 5.56 Å². The second kappa shape index (κ2) is 7.18. The van der Waals surface area contributed by atoms with Crippen LogP contribution >= 0.6 is 11.8 Å². The molecule has 0 fully saturated rings. The van der Waals surface area contributed by atoms with Crippen molar-refractivity contribution in [2.24, 2.45) is 0 Å². The van der Waals surface area contributed by atoms with E-state index in [1.807, 2.05) is 12.1 Å². The molecule has 128 valence electrons. The molecule has 0 atom stereocenters. The highest BCUT2D eigenvalue weighted by atomic mass is 32.2.